The smallest absolute Gasteiger partial charge is 0.170 e. The van der Waals surface area contributed by atoms with Crippen molar-refractivity contribution in [3.63, 3.8) is 0 Å². The SMILES string of the molecule is COCc1cccc(-n2nnnc2CNC(C)(C)C)c1. The topological polar surface area (TPSA) is 64.9 Å². The molecule has 1 N–H and O–H groups in total. The molecule has 108 valence electrons. The number of nitrogens with one attached hydrogen (secondary N) is 1. The Balaban J connectivity index is 2.21. The van der Waals surface area contributed by atoms with E-state index in [1.165, 1.54) is 0 Å². The molecular weight excluding hydrogens is 254 g/mol. The fourth-order valence-electron chi connectivity index (χ4n) is 1.81. The number of benzene rings is 1. The van der Waals surface area contributed by atoms with Crippen LogP contribution in [0.2, 0.25) is 0 Å². The van der Waals surface area contributed by atoms with Gasteiger partial charge in [0.25, 0.3) is 0 Å². The van der Waals surface area contributed by atoms with Crippen molar-refractivity contribution in [1.82, 2.24) is 25.5 Å². The van der Waals surface area contributed by atoms with Gasteiger partial charge in [-0.3, -0.25) is 0 Å². The zero-order valence-corrected chi connectivity index (χ0v) is 12.4. The lowest BCUT2D eigenvalue weighted by Crippen LogP contribution is -2.35. The van der Waals surface area contributed by atoms with Gasteiger partial charge in [-0.05, 0) is 48.9 Å². The van der Waals surface area contributed by atoms with E-state index in [2.05, 4.69) is 41.6 Å². The molecule has 0 radical (unpaired) electrons. The summed E-state index contributed by atoms with van der Waals surface area (Å²) in [7, 11) is 1.68. The van der Waals surface area contributed by atoms with Crippen LogP contribution >= 0.6 is 0 Å². The Morgan fingerprint density at radius 3 is 2.80 bits per heavy atom. The zero-order valence-electron chi connectivity index (χ0n) is 12.4. The molecular formula is C14H21N5O. The van der Waals surface area contributed by atoms with Crippen LogP contribution in [0.1, 0.15) is 32.2 Å². The normalized spacial score (nSPS) is 11.8. The summed E-state index contributed by atoms with van der Waals surface area (Å²) in [6.45, 7) is 7.53. The van der Waals surface area contributed by atoms with Crippen LogP contribution in [0.15, 0.2) is 24.3 Å². The molecule has 0 amide bonds. The number of aromatic nitrogens is 4. The monoisotopic (exact) mass is 275 g/mol. The van der Waals surface area contributed by atoms with E-state index in [1.54, 1.807) is 11.8 Å². The molecule has 0 aliphatic heterocycles. The molecule has 1 aromatic carbocycles. The second-order valence-electron chi connectivity index (χ2n) is 5.71. The molecule has 0 saturated heterocycles. The van der Waals surface area contributed by atoms with Crippen LogP contribution in [-0.4, -0.2) is 32.9 Å². The van der Waals surface area contributed by atoms with Crippen molar-refractivity contribution in [1.29, 1.82) is 0 Å². The quantitative estimate of drug-likeness (QED) is 0.899. The van der Waals surface area contributed by atoms with Gasteiger partial charge in [0, 0.05) is 12.6 Å². The largest absolute Gasteiger partial charge is 0.380 e. The molecule has 6 nitrogen and oxygen atoms in total. The molecule has 1 heterocycles. The highest BCUT2D eigenvalue weighted by Crippen LogP contribution is 2.12. The van der Waals surface area contributed by atoms with Gasteiger partial charge in [-0.1, -0.05) is 12.1 Å². The first kappa shape index (κ1) is 14.6. The predicted octanol–water partition coefficient (Wildman–Crippen LogP) is 1.70. The van der Waals surface area contributed by atoms with Crippen LogP contribution in [0.25, 0.3) is 5.69 Å². The van der Waals surface area contributed by atoms with Gasteiger partial charge in [-0.2, -0.15) is 4.68 Å². The van der Waals surface area contributed by atoms with Gasteiger partial charge in [0.05, 0.1) is 18.8 Å². The van der Waals surface area contributed by atoms with Crippen molar-refractivity contribution < 1.29 is 4.74 Å². The minimum atomic E-state index is 0.0225. The first-order valence-corrected chi connectivity index (χ1v) is 6.60. The van der Waals surface area contributed by atoms with Gasteiger partial charge in [0.2, 0.25) is 0 Å². The summed E-state index contributed by atoms with van der Waals surface area (Å²) >= 11 is 0. The molecule has 2 aromatic rings. The van der Waals surface area contributed by atoms with E-state index < -0.39 is 0 Å². The summed E-state index contributed by atoms with van der Waals surface area (Å²) < 4.78 is 6.90. The minimum Gasteiger partial charge on any atom is -0.380 e. The van der Waals surface area contributed by atoms with Gasteiger partial charge >= 0.3 is 0 Å². The van der Waals surface area contributed by atoms with E-state index in [9.17, 15) is 0 Å². The lowest BCUT2D eigenvalue weighted by molar-refractivity contribution is 0.185. The zero-order chi connectivity index (χ0) is 14.6. The highest BCUT2D eigenvalue weighted by molar-refractivity contribution is 5.35. The van der Waals surface area contributed by atoms with Crippen molar-refractivity contribution in [3.8, 4) is 5.69 Å². The van der Waals surface area contributed by atoms with Crippen molar-refractivity contribution >= 4 is 0 Å². The number of tetrazole rings is 1. The van der Waals surface area contributed by atoms with Crippen molar-refractivity contribution in [2.75, 3.05) is 7.11 Å². The van der Waals surface area contributed by atoms with Crippen molar-refractivity contribution in [2.45, 2.75) is 39.5 Å². The van der Waals surface area contributed by atoms with E-state index in [1.807, 2.05) is 24.3 Å². The molecule has 0 spiro atoms. The summed E-state index contributed by atoms with van der Waals surface area (Å²) in [4.78, 5) is 0. The maximum atomic E-state index is 5.15. The molecule has 0 unspecified atom stereocenters. The number of hydrogen-bond donors (Lipinski definition) is 1. The number of rotatable bonds is 5. The van der Waals surface area contributed by atoms with E-state index in [0.717, 1.165) is 17.1 Å². The second kappa shape index (κ2) is 6.11. The number of hydrogen-bond acceptors (Lipinski definition) is 5. The Bertz CT molecular complexity index is 559. The van der Waals surface area contributed by atoms with Crippen LogP contribution in [0.5, 0.6) is 0 Å². The summed E-state index contributed by atoms with van der Waals surface area (Å²) in [6.07, 6.45) is 0. The average Bonchev–Trinajstić information content (AvgIpc) is 2.84. The fraction of sp³-hybridized carbons (Fsp3) is 0.500. The number of nitrogens with zero attached hydrogens (tertiary/aromatic N) is 4. The Morgan fingerprint density at radius 2 is 2.10 bits per heavy atom. The molecule has 0 bridgehead atoms. The van der Waals surface area contributed by atoms with Gasteiger partial charge < -0.3 is 10.1 Å². The van der Waals surface area contributed by atoms with E-state index in [-0.39, 0.29) is 5.54 Å². The molecule has 0 aliphatic carbocycles. The van der Waals surface area contributed by atoms with E-state index in [0.29, 0.717) is 13.2 Å². The second-order valence-corrected chi connectivity index (χ2v) is 5.71. The third kappa shape index (κ3) is 3.85. The van der Waals surface area contributed by atoms with Gasteiger partial charge in [0.1, 0.15) is 0 Å². The lowest BCUT2D eigenvalue weighted by atomic mass is 10.1. The Labute approximate surface area is 119 Å². The van der Waals surface area contributed by atoms with E-state index in [4.69, 9.17) is 4.74 Å². The molecule has 0 atom stereocenters. The van der Waals surface area contributed by atoms with Crippen molar-refractivity contribution in [3.05, 3.63) is 35.7 Å². The number of methoxy groups -OCH3 is 1. The Kier molecular flexibility index (Phi) is 4.46. The summed E-state index contributed by atoms with van der Waals surface area (Å²) in [5, 5.41) is 15.3. The maximum Gasteiger partial charge on any atom is 0.170 e. The van der Waals surface area contributed by atoms with Crippen LogP contribution in [-0.2, 0) is 17.9 Å². The predicted molar refractivity (Wildman–Crippen MR) is 76.5 cm³/mol. The van der Waals surface area contributed by atoms with E-state index >= 15 is 0 Å². The van der Waals surface area contributed by atoms with Crippen molar-refractivity contribution in [2.24, 2.45) is 0 Å². The van der Waals surface area contributed by atoms with Crippen LogP contribution in [0.4, 0.5) is 0 Å². The molecule has 1 aromatic heterocycles. The third-order valence-corrected chi connectivity index (χ3v) is 2.78. The van der Waals surface area contributed by atoms with Crippen LogP contribution in [0.3, 0.4) is 0 Å². The number of ether oxygens (including phenoxy) is 1. The molecule has 0 aliphatic rings. The summed E-state index contributed by atoms with van der Waals surface area (Å²) in [5.74, 6) is 0.787. The highest BCUT2D eigenvalue weighted by atomic mass is 16.5. The van der Waals surface area contributed by atoms with Crippen LogP contribution < -0.4 is 5.32 Å². The van der Waals surface area contributed by atoms with Crippen LogP contribution in [0, 0.1) is 0 Å². The molecule has 0 fully saturated rings. The average molecular weight is 275 g/mol. The highest BCUT2D eigenvalue weighted by Gasteiger charge is 2.13. The Hall–Kier alpha value is -1.79. The van der Waals surface area contributed by atoms with Gasteiger partial charge in [-0.25, -0.2) is 0 Å². The summed E-state index contributed by atoms with van der Waals surface area (Å²) in [5.41, 5.74) is 2.06. The van der Waals surface area contributed by atoms with Gasteiger partial charge in [-0.15, -0.1) is 5.10 Å². The fourth-order valence-corrected chi connectivity index (χ4v) is 1.81. The Morgan fingerprint density at radius 1 is 1.30 bits per heavy atom. The lowest BCUT2D eigenvalue weighted by Gasteiger charge is -2.19. The molecule has 0 saturated carbocycles. The first-order valence-electron chi connectivity index (χ1n) is 6.60. The molecule has 20 heavy (non-hydrogen) atoms. The standard InChI is InChI=1S/C14H21N5O/c1-14(2,3)15-9-13-16-17-18-19(13)12-7-5-6-11(8-12)10-20-4/h5-8,15H,9-10H2,1-4H3. The molecule has 6 heteroatoms. The third-order valence-electron chi connectivity index (χ3n) is 2.78. The molecule has 2 rings (SSSR count). The van der Waals surface area contributed by atoms with Gasteiger partial charge in [0.15, 0.2) is 5.82 Å². The minimum absolute atomic E-state index is 0.0225. The maximum absolute atomic E-state index is 5.15. The first-order chi connectivity index (χ1) is 9.49. The summed E-state index contributed by atoms with van der Waals surface area (Å²) in [6, 6.07) is 8.01.